The maximum atomic E-state index is 13.5. The fourth-order valence-electron chi connectivity index (χ4n) is 2.41. The number of aryl methyl sites for hydroxylation is 1. The number of methoxy groups -OCH3 is 1. The quantitative estimate of drug-likeness (QED) is 0.822. The van der Waals surface area contributed by atoms with Crippen molar-refractivity contribution in [2.75, 3.05) is 7.11 Å². The van der Waals surface area contributed by atoms with Crippen molar-refractivity contribution in [1.29, 1.82) is 0 Å². The lowest BCUT2D eigenvalue weighted by atomic mass is 10.1. The highest BCUT2D eigenvalue weighted by molar-refractivity contribution is 7.12. The van der Waals surface area contributed by atoms with Crippen molar-refractivity contribution in [3.8, 4) is 5.75 Å². The Hall–Kier alpha value is -1.39. The molecule has 21 heavy (non-hydrogen) atoms. The van der Waals surface area contributed by atoms with Crippen LogP contribution < -0.4 is 10.1 Å². The lowest BCUT2D eigenvalue weighted by Gasteiger charge is -2.21. The third-order valence-corrected chi connectivity index (χ3v) is 5.03. The van der Waals surface area contributed by atoms with Crippen LogP contribution in [0.2, 0.25) is 0 Å². The number of ether oxygens (including phenoxy) is 1. The molecule has 0 saturated carbocycles. The third kappa shape index (κ3) is 3.83. The molecule has 2 rings (SSSR count). The summed E-state index contributed by atoms with van der Waals surface area (Å²) in [4.78, 5) is 2.68. The topological polar surface area (TPSA) is 21.3 Å². The van der Waals surface area contributed by atoms with Crippen LogP contribution >= 0.6 is 11.3 Å². The second-order valence-corrected chi connectivity index (χ2v) is 6.35. The van der Waals surface area contributed by atoms with E-state index < -0.39 is 0 Å². The predicted molar refractivity (Wildman–Crippen MR) is 86.6 cm³/mol. The van der Waals surface area contributed by atoms with Gasteiger partial charge < -0.3 is 10.1 Å². The van der Waals surface area contributed by atoms with Gasteiger partial charge in [-0.3, -0.25) is 0 Å². The minimum absolute atomic E-state index is 0.0119. The molecule has 1 aromatic carbocycles. The molecule has 0 spiro atoms. The fraction of sp³-hybridized carbons (Fsp3) is 0.412. The molecule has 0 aliphatic heterocycles. The van der Waals surface area contributed by atoms with Crippen molar-refractivity contribution in [2.45, 2.75) is 39.3 Å². The standard InChI is InChI=1S/C17H22FNOS/c1-5-14-7-9-17(21-14)12(3)19-11(2)15-10-13(18)6-8-16(15)20-4/h6-12,19H,5H2,1-4H3. The van der Waals surface area contributed by atoms with Crippen molar-refractivity contribution in [3.63, 3.8) is 0 Å². The molecule has 2 atom stereocenters. The van der Waals surface area contributed by atoms with Crippen LogP contribution in [0.1, 0.15) is 48.2 Å². The minimum Gasteiger partial charge on any atom is -0.496 e. The number of halogens is 1. The molecule has 1 N–H and O–H groups in total. The Balaban J connectivity index is 2.13. The molecular weight excluding hydrogens is 285 g/mol. The molecule has 0 saturated heterocycles. The van der Waals surface area contributed by atoms with E-state index in [0.29, 0.717) is 5.75 Å². The molecule has 2 nitrogen and oxygen atoms in total. The van der Waals surface area contributed by atoms with E-state index in [1.807, 2.05) is 18.3 Å². The van der Waals surface area contributed by atoms with Crippen LogP contribution in [0.5, 0.6) is 5.75 Å². The summed E-state index contributed by atoms with van der Waals surface area (Å²) in [7, 11) is 1.61. The van der Waals surface area contributed by atoms with Gasteiger partial charge in [-0.1, -0.05) is 6.92 Å². The normalized spacial score (nSPS) is 14.0. The molecule has 0 amide bonds. The molecule has 0 radical (unpaired) electrons. The summed E-state index contributed by atoms with van der Waals surface area (Å²) in [6, 6.07) is 9.20. The van der Waals surface area contributed by atoms with Crippen molar-refractivity contribution >= 4 is 11.3 Å². The Morgan fingerprint density at radius 1 is 1.19 bits per heavy atom. The summed E-state index contributed by atoms with van der Waals surface area (Å²) in [5.74, 6) is 0.473. The third-order valence-electron chi connectivity index (χ3n) is 3.62. The molecule has 0 bridgehead atoms. The van der Waals surface area contributed by atoms with Gasteiger partial charge in [-0.25, -0.2) is 4.39 Å². The summed E-state index contributed by atoms with van der Waals surface area (Å²) >= 11 is 1.82. The minimum atomic E-state index is -0.239. The van der Waals surface area contributed by atoms with E-state index in [1.165, 1.54) is 21.9 Å². The van der Waals surface area contributed by atoms with E-state index in [4.69, 9.17) is 4.74 Å². The van der Waals surface area contributed by atoms with E-state index in [2.05, 4.69) is 31.3 Å². The first-order valence-corrected chi connectivity index (χ1v) is 8.04. The maximum absolute atomic E-state index is 13.5. The highest BCUT2D eigenvalue weighted by Gasteiger charge is 2.16. The smallest absolute Gasteiger partial charge is 0.123 e. The van der Waals surface area contributed by atoms with E-state index in [0.717, 1.165) is 12.0 Å². The van der Waals surface area contributed by atoms with Gasteiger partial charge in [0.1, 0.15) is 11.6 Å². The van der Waals surface area contributed by atoms with E-state index >= 15 is 0 Å². The average molecular weight is 307 g/mol. The molecule has 114 valence electrons. The lowest BCUT2D eigenvalue weighted by molar-refractivity contribution is 0.395. The van der Waals surface area contributed by atoms with E-state index in [9.17, 15) is 4.39 Å². The molecule has 0 aliphatic rings. The van der Waals surface area contributed by atoms with Crippen LogP contribution in [0.15, 0.2) is 30.3 Å². The van der Waals surface area contributed by atoms with Crippen LogP contribution in [0.25, 0.3) is 0 Å². The van der Waals surface area contributed by atoms with Crippen molar-refractivity contribution in [1.82, 2.24) is 5.32 Å². The number of hydrogen-bond acceptors (Lipinski definition) is 3. The lowest BCUT2D eigenvalue weighted by Crippen LogP contribution is -2.22. The van der Waals surface area contributed by atoms with Crippen LogP contribution in [-0.4, -0.2) is 7.11 Å². The zero-order valence-electron chi connectivity index (χ0n) is 12.9. The van der Waals surface area contributed by atoms with Crippen molar-refractivity contribution in [2.24, 2.45) is 0 Å². The van der Waals surface area contributed by atoms with E-state index in [-0.39, 0.29) is 17.9 Å². The molecule has 1 heterocycles. The summed E-state index contributed by atoms with van der Waals surface area (Å²) in [6.45, 7) is 6.32. The van der Waals surface area contributed by atoms with Crippen molar-refractivity contribution < 1.29 is 9.13 Å². The number of benzene rings is 1. The van der Waals surface area contributed by atoms with Gasteiger partial charge >= 0.3 is 0 Å². The van der Waals surface area contributed by atoms with Gasteiger partial charge in [0, 0.05) is 27.4 Å². The van der Waals surface area contributed by atoms with Crippen LogP contribution in [0, 0.1) is 5.82 Å². The second-order valence-electron chi connectivity index (χ2n) is 5.15. The number of hydrogen-bond donors (Lipinski definition) is 1. The summed E-state index contributed by atoms with van der Waals surface area (Å²) in [6.07, 6.45) is 1.06. The summed E-state index contributed by atoms with van der Waals surface area (Å²) in [5, 5.41) is 3.52. The van der Waals surface area contributed by atoms with Gasteiger partial charge in [0.25, 0.3) is 0 Å². The maximum Gasteiger partial charge on any atom is 0.123 e. The number of rotatable bonds is 6. The van der Waals surface area contributed by atoms with Gasteiger partial charge in [-0.15, -0.1) is 11.3 Å². The van der Waals surface area contributed by atoms with Gasteiger partial charge in [-0.2, -0.15) is 0 Å². The zero-order chi connectivity index (χ0) is 15.4. The SMILES string of the molecule is CCc1ccc(C(C)NC(C)c2cc(F)ccc2OC)s1. The Bertz CT molecular complexity index is 596. The molecule has 4 heteroatoms. The van der Waals surface area contributed by atoms with Crippen LogP contribution in [0.4, 0.5) is 4.39 Å². The molecule has 2 aromatic rings. The Morgan fingerprint density at radius 2 is 1.95 bits per heavy atom. The number of nitrogens with one attached hydrogen (secondary N) is 1. The largest absolute Gasteiger partial charge is 0.496 e. The first-order valence-electron chi connectivity index (χ1n) is 7.23. The van der Waals surface area contributed by atoms with Crippen molar-refractivity contribution in [3.05, 3.63) is 51.5 Å². The van der Waals surface area contributed by atoms with E-state index in [1.54, 1.807) is 13.2 Å². The molecule has 0 aliphatic carbocycles. The first kappa shape index (κ1) is 16.0. The zero-order valence-corrected chi connectivity index (χ0v) is 13.8. The monoisotopic (exact) mass is 307 g/mol. The molecule has 0 fully saturated rings. The summed E-state index contributed by atoms with van der Waals surface area (Å²) < 4.78 is 18.8. The molecule has 1 aromatic heterocycles. The predicted octanol–water partition coefficient (Wildman–Crippen LogP) is 4.87. The Kier molecular flexibility index (Phi) is 5.37. The highest BCUT2D eigenvalue weighted by atomic mass is 32.1. The molecule has 2 unspecified atom stereocenters. The molecular formula is C17H22FNOS. The van der Waals surface area contributed by atoms with Crippen LogP contribution in [-0.2, 0) is 6.42 Å². The van der Waals surface area contributed by atoms with Crippen LogP contribution in [0.3, 0.4) is 0 Å². The Morgan fingerprint density at radius 3 is 2.57 bits per heavy atom. The van der Waals surface area contributed by atoms with Gasteiger partial charge in [0.2, 0.25) is 0 Å². The number of thiophene rings is 1. The average Bonchev–Trinajstić information content (AvgIpc) is 2.96. The fourth-order valence-corrected chi connectivity index (χ4v) is 3.37. The van der Waals surface area contributed by atoms with Gasteiger partial charge in [0.05, 0.1) is 7.11 Å². The summed E-state index contributed by atoms with van der Waals surface area (Å²) in [5.41, 5.74) is 0.844. The van der Waals surface area contributed by atoms with Gasteiger partial charge in [0.15, 0.2) is 0 Å². The Labute approximate surface area is 130 Å². The van der Waals surface area contributed by atoms with Gasteiger partial charge in [-0.05, 0) is 50.6 Å². The second kappa shape index (κ2) is 7.05. The highest BCUT2D eigenvalue weighted by Crippen LogP contribution is 2.30. The first-order chi connectivity index (χ1) is 10.0.